The molecule has 0 aromatic carbocycles. The first kappa shape index (κ1) is 20.3. The Bertz CT molecular complexity index is 443. The number of nitrogens with zero attached hydrogens (tertiary/aromatic N) is 2. The van der Waals surface area contributed by atoms with Crippen LogP contribution >= 0.6 is 0 Å². The number of imidazole rings is 1. The van der Waals surface area contributed by atoms with Crippen LogP contribution in [0.1, 0.15) is 24.9 Å². The number of aliphatic hydroxyl groups is 1. The van der Waals surface area contributed by atoms with Crippen LogP contribution in [-0.4, -0.2) is 64.1 Å². The fourth-order valence-electron chi connectivity index (χ4n) is 2.48. The monoisotopic (exact) mass is 346 g/mol. The van der Waals surface area contributed by atoms with Crippen molar-refractivity contribution in [2.24, 2.45) is 0 Å². The maximum Gasteiger partial charge on any atom is 0.500 e. The standard InChI is InChI=1S/C15H30N2O5Si/c1-6-15-16-13(2)10-17(15)11-14(18)12-22-8-7-9-23(19-3,20-4)21-5/h10,14,18H,6-9,11-12H2,1-5H3. The molecule has 0 radical (unpaired) electrons. The molecule has 1 atom stereocenters. The summed E-state index contributed by atoms with van der Waals surface area (Å²) in [4.78, 5) is 4.42. The van der Waals surface area contributed by atoms with Gasteiger partial charge in [0.2, 0.25) is 0 Å². The van der Waals surface area contributed by atoms with Crippen LogP contribution in [0.3, 0.4) is 0 Å². The summed E-state index contributed by atoms with van der Waals surface area (Å²) < 4.78 is 23.6. The molecule has 0 bridgehead atoms. The highest BCUT2D eigenvalue weighted by atomic mass is 28.4. The predicted octanol–water partition coefficient (Wildman–Crippen LogP) is 1.40. The predicted molar refractivity (Wildman–Crippen MR) is 89.4 cm³/mol. The van der Waals surface area contributed by atoms with E-state index in [4.69, 9.17) is 18.0 Å². The van der Waals surface area contributed by atoms with Gasteiger partial charge in [-0.25, -0.2) is 4.98 Å². The van der Waals surface area contributed by atoms with E-state index in [-0.39, 0.29) is 0 Å². The summed E-state index contributed by atoms with van der Waals surface area (Å²) in [5.74, 6) is 0.984. The SMILES string of the molecule is CCc1nc(C)cn1CC(O)COCCC[Si](OC)(OC)OC. The van der Waals surface area contributed by atoms with Crippen LogP contribution in [0.5, 0.6) is 0 Å². The maximum atomic E-state index is 10.1. The van der Waals surface area contributed by atoms with Crippen LogP contribution in [0.4, 0.5) is 0 Å². The Hall–Kier alpha value is -0.773. The Morgan fingerprint density at radius 3 is 2.48 bits per heavy atom. The topological polar surface area (TPSA) is 75.0 Å². The molecule has 134 valence electrons. The van der Waals surface area contributed by atoms with Crippen molar-refractivity contribution >= 4 is 8.80 Å². The Balaban J connectivity index is 2.27. The van der Waals surface area contributed by atoms with E-state index < -0.39 is 14.9 Å². The second-order valence-electron chi connectivity index (χ2n) is 5.43. The van der Waals surface area contributed by atoms with Gasteiger partial charge in [-0.05, 0) is 13.3 Å². The fourth-order valence-corrected chi connectivity index (χ4v) is 4.17. The van der Waals surface area contributed by atoms with Crippen molar-refractivity contribution < 1.29 is 23.1 Å². The number of rotatable bonds is 12. The fraction of sp³-hybridized carbons (Fsp3) is 0.800. The summed E-state index contributed by atoms with van der Waals surface area (Å²) in [5.41, 5.74) is 0.968. The van der Waals surface area contributed by atoms with Crippen LogP contribution < -0.4 is 0 Å². The number of aromatic nitrogens is 2. The van der Waals surface area contributed by atoms with E-state index in [1.54, 1.807) is 21.3 Å². The lowest BCUT2D eigenvalue weighted by Crippen LogP contribution is -2.42. The molecule has 0 spiro atoms. The van der Waals surface area contributed by atoms with Crippen molar-refractivity contribution in [3.05, 3.63) is 17.7 Å². The normalized spacial score (nSPS) is 13.5. The zero-order valence-electron chi connectivity index (χ0n) is 14.9. The van der Waals surface area contributed by atoms with Gasteiger partial charge in [-0.3, -0.25) is 0 Å². The molecule has 0 saturated carbocycles. The minimum atomic E-state index is -2.52. The largest absolute Gasteiger partial charge is 0.500 e. The van der Waals surface area contributed by atoms with Gasteiger partial charge in [-0.1, -0.05) is 6.92 Å². The zero-order chi connectivity index (χ0) is 17.3. The molecule has 0 aliphatic heterocycles. The van der Waals surface area contributed by atoms with E-state index in [1.165, 1.54) is 0 Å². The summed E-state index contributed by atoms with van der Waals surface area (Å²) in [5, 5.41) is 10.1. The Kier molecular flexibility index (Phi) is 8.96. The molecular formula is C15H30N2O5Si. The first-order valence-corrected chi connectivity index (χ1v) is 9.87. The lowest BCUT2D eigenvalue weighted by atomic mass is 10.3. The minimum absolute atomic E-state index is 0.294. The molecule has 1 heterocycles. The number of hydrogen-bond donors (Lipinski definition) is 1. The van der Waals surface area contributed by atoms with Gasteiger partial charge in [-0.15, -0.1) is 0 Å². The van der Waals surface area contributed by atoms with Gasteiger partial charge in [0, 0.05) is 46.6 Å². The Morgan fingerprint density at radius 2 is 1.91 bits per heavy atom. The lowest BCUT2D eigenvalue weighted by molar-refractivity contribution is 0.0262. The van der Waals surface area contributed by atoms with Gasteiger partial charge in [0.05, 0.1) is 24.9 Å². The molecule has 1 unspecified atom stereocenters. The summed E-state index contributed by atoms with van der Waals surface area (Å²) in [6.45, 7) is 5.33. The number of aryl methyl sites for hydroxylation is 2. The van der Waals surface area contributed by atoms with Crippen molar-refractivity contribution in [1.82, 2.24) is 9.55 Å². The number of aliphatic hydroxyl groups excluding tert-OH is 1. The molecule has 0 fully saturated rings. The lowest BCUT2D eigenvalue weighted by Gasteiger charge is -2.24. The molecule has 23 heavy (non-hydrogen) atoms. The Morgan fingerprint density at radius 1 is 1.26 bits per heavy atom. The highest BCUT2D eigenvalue weighted by Gasteiger charge is 2.36. The Labute approximate surface area is 139 Å². The van der Waals surface area contributed by atoms with Crippen LogP contribution in [0.15, 0.2) is 6.20 Å². The van der Waals surface area contributed by atoms with E-state index in [0.29, 0.717) is 25.8 Å². The zero-order valence-corrected chi connectivity index (χ0v) is 15.9. The molecule has 0 aliphatic carbocycles. The van der Waals surface area contributed by atoms with Gasteiger partial charge in [-0.2, -0.15) is 0 Å². The van der Waals surface area contributed by atoms with E-state index in [9.17, 15) is 5.11 Å². The minimum Gasteiger partial charge on any atom is -0.389 e. The van der Waals surface area contributed by atoms with E-state index in [1.807, 2.05) is 17.7 Å². The van der Waals surface area contributed by atoms with Gasteiger partial charge in [0.25, 0.3) is 0 Å². The molecular weight excluding hydrogens is 316 g/mol. The average molecular weight is 347 g/mol. The van der Waals surface area contributed by atoms with Crippen LogP contribution in [0.25, 0.3) is 0 Å². The van der Waals surface area contributed by atoms with E-state index in [0.717, 1.165) is 24.4 Å². The van der Waals surface area contributed by atoms with Gasteiger partial charge in [0.15, 0.2) is 0 Å². The molecule has 0 aliphatic rings. The summed E-state index contributed by atoms with van der Waals surface area (Å²) in [7, 11) is 2.28. The van der Waals surface area contributed by atoms with Crippen molar-refractivity contribution in [3.63, 3.8) is 0 Å². The second-order valence-corrected chi connectivity index (χ2v) is 8.52. The quantitative estimate of drug-likeness (QED) is 0.455. The second kappa shape index (κ2) is 10.2. The molecule has 1 N–H and O–H groups in total. The van der Waals surface area contributed by atoms with Crippen LogP contribution in [0.2, 0.25) is 6.04 Å². The van der Waals surface area contributed by atoms with Gasteiger partial charge >= 0.3 is 8.80 Å². The maximum absolute atomic E-state index is 10.1. The number of hydrogen-bond acceptors (Lipinski definition) is 6. The van der Waals surface area contributed by atoms with E-state index >= 15 is 0 Å². The highest BCUT2D eigenvalue weighted by molar-refractivity contribution is 6.60. The highest BCUT2D eigenvalue weighted by Crippen LogP contribution is 2.15. The summed E-state index contributed by atoms with van der Waals surface area (Å²) >= 11 is 0. The third-order valence-electron chi connectivity index (χ3n) is 3.72. The average Bonchev–Trinajstić information content (AvgIpc) is 2.91. The number of ether oxygens (including phenoxy) is 1. The smallest absolute Gasteiger partial charge is 0.389 e. The van der Waals surface area contributed by atoms with E-state index in [2.05, 4.69) is 11.9 Å². The third-order valence-corrected chi connectivity index (χ3v) is 6.55. The van der Waals surface area contributed by atoms with Crippen molar-refractivity contribution in [3.8, 4) is 0 Å². The molecule has 1 rings (SSSR count). The summed E-state index contributed by atoms with van der Waals surface area (Å²) in [6, 6.07) is 0.688. The summed E-state index contributed by atoms with van der Waals surface area (Å²) in [6.07, 6.45) is 3.01. The van der Waals surface area contributed by atoms with Gasteiger partial charge in [0.1, 0.15) is 5.82 Å². The van der Waals surface area contributed by atoms with Gasteiger partial charge < -0.3 is 27.7 Å². The van der Waals surface area contributed by atoms with Crippen molar-refractivity contribution in [2.45, 2.75) is 45.4 Å². The molecule has 0 saturated heterocycles. The molecule has 0 amide bonds. The van der Waals surface area contributed by atoms with Crippen LogP contribution in [-0.2, 0) is 31.0 Å². The molecule has 7 nitrogen and oxygen atoms in total. The first-order valence-electron chi connectivity index (χ1n) is 7.94. The van der Waals surface area contributed by atoms with Crippen molar-refractivity contribution in [1.29, 1.82) is 0 Å². The molecule has 1 aromatic heterocycles. The molecule has 8 heteroatoms. The first-order chi connectivity index (χ1) is 11.0. The van der Waals surface area contributed by atoms with Crippen LogP contribution in [0, 0.1) is 6.92 Å². The van der Waals surface area contributed by atoms with Crippen molar-refractivity contribution in [2.75, 3.05) is 34.5 Å². The third kappa shape index (κ3) is 6.32. The molecule has 1 aromatic rings.